The molecule has 33 heavy (non-hydrogen) atoms. The summed E-state index contributed by atoms with van der Waals surface area (Å²) in [6.45, 7) is 8.17. The second-order valence-electron chi connectivity index (χ2n) is 8.27. The lowest BCUT2D eigenvalue weighted by molar-refractivity contribution is -0.148. The molecular weight excluding hydrogens is 446 g/mol. The minimum atomic E-state index is -3.96. The van der Waals surface area contributed by atoms with Crippen LogP contribution in [0.5, 0.6) is 0 Å². The summed E-state index contributed by atoms with van der Waals surface area (Å²) >= 11 is 0. The van der Waals surface area contributed by atoms with Gasteiger partial charge in [-0.2, -0.15) is 0 Å². The minimum absolute atomic E-state index is 0.0504. The topological polar surface area (TPSA) is 126 Å². The van der Waals surface area contributed by atoms with Gasteiger partial charge in [0.05, 0.1) is 29.3 Å². The maximum Gasteiger partial charge on any atom is 0.339 e. The maximum atomic E-state index is 13.1. The minimum Gasteiger partial charge on any atom is -0.478 e. The number of pyridine rings is 1. The molecule has 0 unspecified atom stereocenters. The number of ether oxygens (including phenoxy) is 1. The molecule has 0 saturated carbocycles. The van der Waals surface area contributed by atoms with Gasteiger partial charge in [-0.1, -0.05) is 17.7 Å². The molecule has 0 aliphatic carbocycles. The fourth-order valence-corrected chi connectivity index (χ4v) is 5.83. The van der Waals surface area contributed by atoms with Gasteiger partial charge in [-0.05, 0) is 57.7 Å². The first-order chi connectivity index (χ1) is 15.5. The monoisotopic (exact) mass is 475 g/mol. The molecule has 9 nitrogen and oxygen atoms in total. The SMILES string of the molecule is CCOC(=O)[C@@H]1CCCN(c2ncc(NS(=O)(=O)c3c(C)cc(C)cc3C)cc2C(=O)O)C1. The molecule has 3 rings (SSSR count). The van der Waals surface area contributed by atoms with Crippen molar-refractivity contribution in [3.05, 3.63) is 46.6 Å². The van der Waals surface area contributed by atoms with Gasteiger partial charge in [0.1, 0.15) is 11.4 Å². The van der Waals surface area contributed by atoms with Gasteiger partial charge in [-0.3, -0.25) is 9.52 Å². The quantitative estimate of drug-likeness (QED) is 0.584. The van der Waals surface area contributed by atoms with Crippen LogP contribution in [0.4, 0.5) is 11.5 Å². The number of nitrogens with one attached hydrogen (secondary N) is 1. The van der Waals surface area contributed by atoms with Crippen molar-refractivity contribution in [2.75, 3.05) is 29.3 Å². The molecule has 0 spiro atoms. The first-order valence-electron chi connectivity index (χ1n) is 10.8. The Morgan fingerprint density at radius 3 is 2.48 bits per heavy atom. The standard InChI is InChI=1S/C23H29N3O6S/c1-5-32-23(29)17-7-6-8-26(13-17)21-19(22(27)28)11-18(12-24-21)25-33(30,31)20-15(3)9-14(2)10-16(20)4/h9-12,17,25H,5-8,13H2,1-4H3,(H,27,28)/t17-/m1/s1. The van der Waals surface area contributed by atoms with Crippen molar-refractivity contribution in [2.45, 2.75) is 45.4 Å². The number of sulfonamides is 1. The highest BCUT2D eigenvalue weighted by Crippen LogP contribution is 2.29. The van der Waals surface area contributed by atoms with Crippen LogP contribution in [0.3, 0.4) is 0 Å². The lowest BCUT2D eigenvalue weighted by atomic mass is 9.98. The first-order valence-corrected chi connectivity index (χ1v) is 12.3. The average Bonchev–Trinajstić information content (AvgIpc) is 2.72. The molecule has 1 aromatic carbocycles. The number of hydrogen-bond acceptors (Lipinski definition) is 7. The molecule has 1 aliphatic heterocycles. The predicted octanol–water partition coefficient (Wildman–Crippen LogP) is 3.29. The number of aryl methyl sites for hydroxylation is 3. The Balaban J connectivity index is 1.91. The van der Waals surface area contributed by atoms with Crippen molar-refractivity contribution in [2.24, 2.45) is 5.92 Å². The Morgan fingerprint density at radius 1 is 1.21 bits per heavy atom. The molecule has 0 amide bonds. The van der Waals surface area contributed by atoms with E-state index in [0.717, 1.165) is 5.56 Å². The van der Waals surface area contributed by atoms with Gasteiger partial charge in [0, 0.05) is 13.1 Å². The van der Waals surface area contributed by atoms with Crippen molar-refractivity contribution >= 4 is 33.5 Å². The van der Waals surface area contributed by atoms with Crippen molar-refractivity contribution in [1.29, 1.82) is 0 Å². The number of esters is 1. The van der Waals surface area contributed by atoms with E-state index in [1.54, 1.807) is 37.8 Å². The van der Waals surface area contributed by atoms with Crippen LogP contribution in [-0.4, -0.2) is 50.1 Å². The Morgan fingerprint density at radius 2 is 1.88 bits per heavy atom. The molecule has 10 heteroatoms. The summed E-state index contributed by atoms with van der Waals surface area (Å²) in [5.41, 5.74) is 2.06. The molecular formula is C23H29N3O6S. The third-order valence-electron chi connectivity index (χ3n) is 5.56. The van der Waals surface area contributed by atoms with E-state index < -0.39 is 16.0 Å². The van der Waals surface area contributed by atoms with E-state index in [2.05, 4.69) is 9.71 Å². The fraction of sp³-hybridized carbons (Fsp3) is 0.435. The van der Waals surface area contributed by atoms with Crippen LogP contribution < -0.4 is 9.62 Å². The zero-order chi connectivity index (χ0) is 24.3. The summed E-state index contributed by atoms with van der Waals surface area (Å²) in [4.78, 5) is 30.3. The highest BCUT2D eigenvalue weighted by Gasteiger charge is 2.30. The van der Waals surface area contributed by atoms with Crippen molar-refractivity contribution in [3.63, 3.8) is 0 Å². The molecule has 178 valence electrons. The normalized spacial score (nSPS) is 16.4. The zero-order valence-corrected chi connectivity index (χ0v) is 20.0. The number of carboxylic acid groups (broad SMARTS) is 1. The Hall–Kier alpha value is -3.14. The van der Waals surface area contributed by atoms with Crippen LogP contribution in [0, 0.1) is 26.7 Å². The van der Waals surface area contributed by atoms with Crippen LogP contribution in [0.15, 0.2) is 29.3 Å². The summed E-state index contributed by atoms with van der Waals surface area (Å²) in [7, 11) is -3.96. The maximum absolute atomic E-state index is 13.1. The molecule has 0 bridgehead atoms. The van der Waals surface area contributed by atoms with E-state index in [4.69, 9.17) is 4.74 Å². The van der Waals surface area contributed by atoms with E-state index in [9.17, 15) is 23.1 Å². The van der Waals surface area contributed by atoms with Gasteiger partial charge in [0.2, 0.25) is 0 Å². The molecule has 1 aromatic heterocycles. The number of rotatable bonds is 7. The highest BCUT2D eigenvalue weighted by molar-refractivity contribution is 7.92. The smallest absolute Gasteiger partial charge is 0.339 e. The molecule has 1 saturated heterocycles. The van der Waals surface area contributed by atoms with Gasteiger partial charge in [-0.15, -0.1) is 0 Å². The number of aromatic nitrogens is 1. The number of anilines is 2. The van der Waals surface area contributed by atoms with Gasteiger partial charge in [0.15, 0.2) is 0 Å². The number of aromatic carboxylic acids is 1. The number of carboxylic acids is 1. The zero-order valence-electron chi connectivity index (χ0n) is 19.2. The summed E-state index contributed by atoms with van der Waals surface area (Å²) in [6.07, 6.45) is 2.64. The summed E-state index contributed by atoms with van der Waals surface area (Å²) in [5.74, 6) is -1.72. The van der Waals surface area contributed by atoms with E-state index >= 15 is 0 Å². The number of hydrogen-bond donors (Lipinski definition) is 2. The summed E-state index contributed by atoms with van der Waals surface area (Å²) in [6, 6.07) is 4.82. The van der Waals surface area contributed by atoms with Gasteiger partial charge < -0.3 is 14.7 Å². The molecule has 2 heterocycles. The van der Waals surface area contributed by atoms with Crippen LogP contribution in [0.2, 0.25) is 0 Å². The second-order valence-corrected chi connectivity index (χ2v) is 9.89. The predicted molar refractivity (Wildman–Crippen MR) is 124 cm³/mol. The summed E-state index contributed by atoms with van der Waals surface area (Å²) in [5, 5.41) is 9.78. The number of carbonyl (C=O) groups is 2. The molecule has 1 atom stereocenters. The first kappa shape index (κ1) is 24.5. The molecule has 0 radical (unpaired) electrons. The van der Waals surface area contributed by atoms with Gasteiger partial charge in [0.25, 0.3) is 10.0 Å². The molecule has 1 fully saturated rings. The third kappa shape index (κ3) is 5.44. The molecule has 2 N–H and O–H groups in total. The van der Waals surface area contributed by atoms with Gasteiger partial charge >= 0.3 is 11.9 Å². The van der Waals surface area contributed by atoms with E-state index in [1.165, 1.54) is 12.3 Å². The molecule has 1 aliphatic rings. The Labute approximate surface area is 193 Å². The van der Waals surface area contributed by atoms with Gasteiger partial charge in [-0.25, -0.2) is 18.2 Å². The van der Waals surface area contributed by atoms with Crippen molar-refractivity contribution in [3.8, 4) is 0 Å². The number of nitrogens with zero attached hydrogens (tertiary/aromatic N) is 2. The highest BCUT2D eigenvalue weighted by atomic mass is 32.2. The molecule has 2 aromatic rings. The number of carbonyl (C=O) groups excluding carboxylic acids is 1. The summed E-state index contributed by atoms with van der Waals surface area (Å²) < 4.78 is 33.7. The van der Waals surface area contributed by atoms with E-state index in [0.29, 0.717) is 37.1 Å². The fourth-order valence-electron chi connectivity index (χ4n) is 4.34. The Kier molecular flexibility index (Phi) is 7.26. The third-order valence-corrected chi connectivity index (χ3v) is 7.25. The largest absolute Gasteiger partial charge is 0.478 e. The van der Waals surface area contributed by atoms with Crippen LogP contribution in [0.25, 0.3) is 0 Å². The average molecular weight is 476 g/mol. The van der Waals surface area contributed by atoms with E-state index in [1.807, 2.05) is 6.92 Å². The number of piperidine rings is 1. The van der Waals surface area contributed by atoms with Crippen LogP contribution >= 0.6 is 0 Å². The van der Waals surface area contributed by atoms with Crippen LogP contribution in [0.1, 0.15) is 46.8 Å². The number of benzene rings is 1. The second kappa shape index (κ2) is 9.78. The van der Waals surface area contributed by atoms with E-state index in [-0.39, 0.29) is 40.5 Å². The van der Waals surface area contributed by atoms with Crippen molar-refractivity contribution in [1.82, 2.24) is 4.98 Å². The lowest BCUT2D eigenvalue weighted by Gasteiger charge is -2.33. The van der Waals surface area contributed by atoms with Crippen molar-refractivity contribution < 1.29 is 27.9 Å². The Bertz CT molecular complexity index is 1160. The lowest BCUT2D eigenvalue weighted by Crippen LogP contribution is -2.40. The van der Waals surface area contributed by atoms with Crippen LogP contribution in [-0.2, 0) is 19.6 Å².